The highest BCUT2D eigenvalue weighted by molar-refractivity contribution is 5.29. The topological polar surface area (TPSA) is 29.9 Å². The van der Waals surface area contributed by atoms with Crippen LogP contribution in [0.2, 0.25) is 0 Å². The molecule has 0 aliphatic heterocycles. The van der Waals surface area contributed by atoms with E-state index >= 15 is 0 Å². The first kappa shape index (κ1) is 13.0. The maximum Gasteiger partial charge on any atom is 0.203 e. The molecule has 0 aromatic carbocycles. The molecule has 3 heteroatoms. The fourth-order valence-corrected chi connectivity index (χ4v) is 3.89. The summed E-state index contributed by atoms with van der Waals surface area (Å²) in [6, 6.07) is 1.28. The summed E-state index contributed by atoms with van der Waals surface area (Å²) in [7, 11) is 0. The Balaban J connectivity index is 1.75. The first-order valence-corrected chi connectivity index (χ1v) is 8.05. The molecule has 1 aromatic rings. The van der Waals surface area contributed by atoms with Crippen molar-refractivity contribution in [3.8, 4) is 0 Å². The Labute approximate surface area is 116 Å². The molecule has 1 aromatic heterocycles. The van der Waals surface area contributed by atoms with Gasteiger partial charge in [-0.1, -0.05) is 39.5 Å². The smallest absolute Gasteiger partial charge is 0.203 e. The standard InChI is InChI=1S/C16H27N3/c1-12-6-5-9-15(13(12)2)19-11-10-17-16(19)18-14-7-3-4-8-14/h10-15H,3-9H2,1-2H3,(H,17,18). The molecular formula is C16H27N3. The summed E-state index contributed by atoms with van der Waals surface area (Å²) in [6.07, 6.45) is 13.5. The van der Waals surface area contributed by atoms with Gasteiger partial charge in [0.05, 0.1) is 0 Å². The van der Waals surface area contributed by atoms with Crippen molar-refractivity contribution in [2.45, 2.75) is 70.9 Å². The third-order valence-electron chi connectivity index (χ3n) is 5.38. The fraction of sp³-hybridized carbons (Fsp3) is 0.812. The number of hydrogen-bond acceptors (Lipinski definition) is 2. The van der Waals surface area contributed by atoms with Crippen LogP contribution in [0.4, 0.5) is 5.95 Å². The predicted molar refractivity (Wildman–Crippen MR) is 79.3 cm³/mol. The lowest BCUT2D eigenvalue weighted by molar-refractivity contribution is 0.187. The summed E-state index contributed by atoms with van der Waals surface area (Å²) in [5, 5.41) is 3.67. The Morgan fingerprint density at radius 1 is 1.11 bits per heavy atom. The van der Waals surface area contributed by atoms with Crippen LogP contribution >= 0.6 is 0 Å². The van der Waals surface area contributed by atoms with E-state index in [1.165, 1.54) is 44.9 Å². The number of imidazole rings is 1. The van der Waals surface area contributed by atoms with Gasteiger partial charge in [-0.3, -0.25) is 0 Å². The molecule has 1 heterocycles. The van der Waals surface area contributed by atoms with Crippen molar-refractivity contribution in [1.29, 1.82) is 0 Å². The average Bonchev–Trinajstić information content (AvgIpc) is 3.05. The molecule has 0 bridgehead atoms. The van der Waals surface area contributed by atoms with Crippen LogP contribution in [0.25, 0.3) is 0 Å². The molecule has 3 atom stereocenters. The molecular weight excluding hydrogens is 234 g/mol. The lowest BCUT2D eigenvalue weighted by Gasteiger charge is -2.36. The van der Waals surface area contributed by atoms with Crippen molar-refractivity contribution in [3.05, 3.63) is 12.4 Å². The zero-order valence-electron chi connectivity index (χ0n) is 12.3. The van der Waals surface area contributed by atoms with Crippen molar-refractivity contribution < 1.29 is 0 Å². The Bertz CT molecular complexity index is 406. The molecule has 3 rings (SSSR count). The van der Waals surface area contributed by atoms with Crippen molar-refractivity contribution in [1.82, 2.24) is 9.55 Å². The van der Waals surface area contributed by atoms with Crippen LogP contribution in [0.5, 0.6) is 0 Å². The van der Waals surface area contributed by atoms with Crippen LogP contribution in [-0.2, 0) is 0 Å². The highest BCUT2D eigenvalue weighted by Gasteiger charge is 2.30. The van der Waals surface area contributed by atoms with Crippen LogP contribution in [0.1, 0.15) is 64.8 Å². The van der Waals surface area contributed by atoms with E-state index in [4.69, 9.17) is 0 Å². The molecule has 19 heavy (non-hydrogen) atoms. The quantitative estimate of drug-likeness (QED) is 0.882. The van der Waals surface area contributed by atoms with E-state index in [0.29, 0.717) is 12.1 Å². The average molecular weight is 261 g/mol. The van der Waals surface area contributed by atoms with E-state index in [1.54, 1.807) is 0 Å². The van der Waals surface area contributed by atoms with Gasteiger partial charge in [0.25, 0.3) is 0 Å². The minimum Gasteiger partial charge on any atom is -0.353 e. The number of aromatic nitrogens is 2. The zero-order valence-corrected chi connectivity index (χ0v) is 12.3. The van der Waals surface area contributed by atoms with E-state index in [2.05, 4.69) is 34.9 Å². The zero-order chi connectivity index (χ0) is 13.2. The van der Waals surface area contributed by atoms with Crippen LogP contribution in [-0.4, -0.2) is 15.6 Å². The molecule has 3 nitrogen and oxygen atoms in total. The van der Waals surface area contributed by atoms with Crippen molar-refractivity contribution in [2.75, 3.05) is 5.32 Å². The van der Waals surface area contributed by atoms with Crippen LogP contribution in [0.3, 0.4) is 0 Å². The van der Waals surface area contributed by atoms with Gasteiger partial charge in [0.15, 0.2) is 0 Å². The van der Waals surface area contributed by atoms with Gasteiger partial charge in [0.2, 0.25) is 5.95 Å². The van der Waals surface area contributed by atoms with Gasteiger partial charge in [0.1, 0.15) is 0 Å². The minimum absolute atomic E-state index is 0.634. The maximum absolute atomic E-state index is 4.57. The van der Waals surface area contributed by atoms with E-state index in [-0.39, 0.29) is 0 Å². The molecule has 0 radical (unpaired) electrons. The monoisotopic (exact) mass is 261 g/mol. The number of anilines is 1. The van der Waals surface area contributed by atoms with E-state index in [1.807, 2.05) is 6.20 Å². The predicted octanol–water partition coefficient (Wildman–Crippen LogP) is 4.23. The molecule has 2 aliphatic rings. The summed E-state index contributed by atoms with van der Waals surface area (Å²) in [5.41, 5.74) is 0. The van der Waals surface area contributed by atoms with Crippen LogP contribution in [0, 0.1) is 11.8 Å². The molecule has 2 aliphatic carbocycles. The first-order valence-electron chi connectivity index (χ1n) is 8.05. The van der Waals surface area contributed by atoms with Crippen LogP contribution in [0.15, 0.2) is 12.4 Å². The lowest BCUT2D eigenvalue weighted by Crippen LogP contribution is -2.28. The van der Waals surface area contributed by atoms with Gasteiger partial charge in [0, 0.05) is 24.5 Å². The van der Waals surface area contributed by atoms with E-state index < -0.39 is 0 Å². The highest BCUT2D eigenvalue weighted by atomic mass is 15.2. The molecule has 0 saturated heterocycles. The third-order valence-corrected chi connectivity index (χ3v) is 5.38. The summed E-state index contributed by atoms with van der Waals surface area (Å²) in [4.78, 5) is 4.57. The normalized spacial score (nSPS) is 32.6. The largest absolute Gasteiger partial charge is 0.353 e. The second-order valence-corrected chi connectivity index (χ2v) is 6.62. The molecule has 106 valence electrons. The van der Waals surface area contributed by atoms with Gasteiger partial charge in [-0.2, -0.15) is 0 Å². The fourth-order valence-electron chi connectivity index (χ4n) is 3.89. The molecule has 0 amide bonds. The third kappa shape index (κ3) is 2.65. The Kier molecular flexibility index (Phi) is 3.81. The second kappa shape index (κ2) is 5.56. The summed E-state index contributed by atoms with van der Waals surface area (Å²) >= 11 is 0. The minimum atomic E-state index is 0.634. The number of rotatable bonds is 3. The Hall–Kier alpha value is -0.990. The van der Waals surface area contributed by atoms with Crippen molar-refractivity contribution >= 4 is 5.95 Å². The van der Waals surface area contributed by atoms with Gasteiger partial charge in [-0.15, -0.1) is 0 Å². The number of hydrogen-bond donors (Lipinski definition) is 1. The van der Waals surface area contributed by atoms with Crippen molar-refractivity contribution in [2.24, 2.45) is 11.8 Å². The number of nitrogens with zero attached hydrogens (tertiary/aromatic N) is 2. The molecule has 0 spiro atoms. The Morgan fingerprint density at radius 2 is 1.89 bits per heavy atom. The molecule has 3 unspecified atom stereocenters. The van der Waals surface area contributed by atoms with Crippen LogP contribution < -0.4 is 5.32 Å². The summed E-state index contributed by atoms with van der Waals surface area (Å²) in [5.74, 6) is 2.70. The first-order chi connectivity index (χ1) is 9.25. The second-order valence-electron chi connectivity index (χ2n) is 6.62. The summed E-state index contributed by atoms with van der Waals surface area (Å²) in [6.45, 7) is 4.81. The van der Waals surface area contributed by atoms with E-state index in [0.717, 1.165) is 17.8 Å². The SMILES string of the molecule is CC1CCCC(n2ccnc2NC2CCCC2)C1C. The van der Waals surface area contributed by atoms with Gasteiger partial charge >= 0.3 is 0 Å². The highest BCUT2D eigenvalue weighted by Crippen LogP contribution is 2.39. The van der Waals surface area contributed by atoms with Gasteiger partial charge in [-0.25, -0.2) is 4.98 Å². The van der Waals surface area contributed by atoms with Crippen molar-refractivity contribution in [3.63, 3.8) is 0 Å². The van der Waals surface area contributed by atoms with Gasteiger partial charge < -0.3 is 9.88 Å². The molecule has 2 fully saturated rings. The summed E-state index contributed by atoms with van der Waals surface area (Å²) < 4.78 is 2.42. The Morgan fingerprint density at radius 3 is 2.68 bits per heavy atom. The number of nitrogens with one attached hydrogen (secondary N) is 1. The molecule has 2 saturated carbocycles. The van der Waals surface area contributed by atoms with Gasteiger partial charge in [-0.05, 0) is 31.1 Å². The maximum atomic E-state index is 4.57. The lowest BCUT2D eigenvalue weighted by atomic mass is 9.78. The van der Waals surface area contributed by atoms with E-state index in [9.17, 15) is 0 Å². The molecule has 1 N–H and O–H groups in total.